The zero-order valence-electron chi connectivity index (χ0n) is 20.7. The van der Waals surface area contributed by atoms with Crippen LogP contribution < -0.4 is 15.9 Å². The van der Waals surface area contributed by atoms with E-state index >= 15 is 0 Å². The van der Waals surface area contributed by atoms with E-state index in [1.165, 1.54) is 11.6 Å². The number of anilines is 1. The van der Waals surface area contributed by atoms with Gasteiger partial charge in [-0.15, -0.1) is 5.75 Å². The maximum Gasteiger partial charge on any atom is 4.00 e. The van der Waals surface area contributed by atoms with Gasteiger partial charge in [-0.05, 0) is 28.3 Å². The third kappa shape index (κ3) is 7.35. The summed E-state index contributed by atoms with van der Waals surface area (Å²) in [5.74, 6) is -0.00559. The van der Waals surface area contributed by atoms with Crippen LogP contribution in [0, 0.1) is 0 Å². The van der Waals surface area contributed by atoms with Crippen LogP contribution in [0.5, 0.6) is 11.5 Å². The molecular formula is C30H31NO2Ti2+6. The Bertz CT molecular complexity index is 1170. The van der Waals surface area contributed by atoms with Gasteiger partial charge in [0.05, 0.1) is 0 Å². The Morgan fingerprint density at radius 2 is 0.971 bits per heavy atom. The molecule has 0 bridgehead atoms. The van der Waals surface area contributed by atoms with E-state index in [9.17, 15) is 10.2 Å². The molecule has 0 aliphatic carbocycles. The van der Waals surface area contributed by atoms with Crippen LogP contribution in [0.15, 0.2) is 103 Å². The molecule has 0 amide bonds. The van der Waals surface area contributed by atoms with E-state index in [1.54, 1.807) is 24.3 Å². The van der Waals surface area contributed by atoms with Crippen LogP contribution in [0.25, 0.3) is 0 Å². The van der Waals surface area contributed by atoms with Gasteiger partial charge in [-0.1, -0.05) is 131 Å². The molecule has 3 nitrogen and oxygen atoms in total. The van der Waals surface area contributed by atoms with E-state index in [-0.39, 0.29) is 65.8 Å². The number of hydrogen-bond acceptors (Lipinski definition) is 3. The molecule has 2 N–H and O–H groups in total. The SMILES string of the molecule is CC(C)(c1ccccc1)c1ccc([O-])c(C(C)(C)c2ccccc2)c1.Nc1ccccc1[O-].[Ti+4].[Ti+4]. The minimum atomic E-state index is -0.332. The molecule has 5 heteroatoms. The minimum Gasteiger partial charge on any atom is -0.872 e. The molecule has 0 saturated heterocycles. The van der Waals surface area contributed by atoms with Crippen LogP contribution in [0.4, 0.5) is 5.69 Å². The predicted octanol–water partition coefficient (Wildman–Crippen LogP) is 5.75. The fraction of sp³-hybridized carbons (Fsp3) is 0.200. The topological polar surface area (TPSA) is 72.1 Å². The van der Waals surface area contributed by atoms with Gasteiger partial charge < -0.3 is 15.9 Å². The summed E-state index contributed by atoms with van der Waals surface area (Å²) in [6, 6.07) is 32.9. The quantitative estimate of drug-likeness (QED) is 0.268. The Morgan fingerprint density at radius 3 is 1.43 bits per heavy atom. The van der Waals surface area contributed by atoms with Crippen LogP contribution >= 0.6 is 0 Å². The number of para-hydroxylation sites is 2. The van der Waals surface area contributed by atoms with Gasteiger partial charge >= 0.3 is 43.4 Å². The third-order valence-corrected chi connectivity index (χ3v) is 6.28. The first-order valence-corrected chi connectivity index (χ1v) is 11.1. The summed E-state index contributed by atoms with van der Waals surface area (Å²) < 4.78 is 0. The van der Waals surface area contributed by atoms with Gasteiger partial charge in [0.25, 0.3) is 0 Å². The molecule has 0 aliphatic heterocycles. The number of nitrogens with two attached hydrogens (primary N) is 1. The van der Waals surface area contributed by atoms with Crippen molar-refractivity contribution in [3.05, 3.63) is 125 Å². The molecule has 0 spiro atoms. The van der Waals surface area contributed by atoms with Crippen LogP contribution in [0.1, 0.15) is 49.9 Å². The van der Waals surface area contributed by atoms with Gasteiger partial charge in [-0.2, -0.15) is 0 Å². The van der Waals surface area contributed by atoms with E-state index in [1.807, 2.05) is 30.3 Å². The van der Waals surface area contributed by atoms with E-state index in [0.717, 1.165) is 16.7 Å². The zero-order valence-corrected chi connectivity index (χ0v) is 23.8. The largest absolute Gasteiger partial charge is 4.00 e. The molecule has 0 aliphatic rings. The fourth-order valence-corrected chi connectivity index (χ4v) is 3.92. The Hall–Kier alpha value is -2.29. The van der Waals surface area contributed by atoms with E-state index in [2.05, 4.69) is 70.2 Å². The molecule has 0 fully saturated rings. The molecule has 0 aromatic heterocycles. The molecule has 4 aromatic carbocycles. The smallest absolute Gasteiger partial charge is 0.872 e. The van der Waals surface area contributed by atoms with E-state index < -0.39 is 0 Å². The number of benzene rings is 4. The standard InChI is InChI=1S/C24H26O.C6H7NO.2Ti/c1-23(2,18-11-7-5-8-12-18)20-15-16-22(25)21(17-20)24(3,4)19-13-9-6-10-14-19;7-5-3-1-2-4-6(5)8;;/h5-17,25H,1-4H3;1-4,8H,7H2;;/q;;2*+4/p-2. The Kier molecular flexibility index (Phi) is 11.5. The van der Waals surface area contributed by atoms with E-state index in [4.69, 9.17) is 5.73 Å². The molecule has 4 rings (SSSR count). The maximum absolute atomic E-state index is 12.7. The molecule has 0 heterocycles. The van der Waals surface area contributed by atoms with Crippen LogP contribution in [-0.2, 0) is 54.3 Å². The van der Waals surface area contributed by atoms with Crippen molar-refractivity contribution in [2.45, 2.75) is 38.5 Å². The van der Waals surface area contributed by atoms with Gasteiger partial charge in [0, 0.05) is 16.5 Å². The van der Waals surface area contributed by atoms with Crippen molar-refractivity contribution in [1.29, 1.82) is 0 Å². The fourth-order valence-electron chi connectivity index (χ4n) is 3.92. The average molecular weight is 533 g/mol. The summed E-state index contributed by atoms with van der Waals surface area (Å²) in [6.07, 6.45) is 0. The Balaban J connectivity index is 0.000000524. The first kappa shape index (κ1) is 30.7. The number of rotatable bonds is 4. The van der Waals surface area contributed by atoms with Crippen molar-refractivity contribution >= 4 is 5.69 Å². The van der Waals surface area contributed by atoms with E-state index in [0.29, 0.717) is 5.69 Å². The van der Waals surface area contributed by atoms with Gasteiger partial charge in [0.15, 0.2) is 0 Å². The van der Waals surface area contributed by atoms with Gasteiger partial charge in [-0.3, -0.25) is 0 Å². The van der Waals surface area contributed by atoms with Crippen molar-refractivity contribution in [2.24, 2.45) is 0 Å². The summed E-state index contributed by atoms with van der Waals surface area (Å²) in [5.41, 5.74) is 9.44. The van der Waals surface area contributed by atoms with Crippen molar-refractivity contribution in [3.63, 3.8) is 0 Å². The molecule has 35 heavy (non-hydrogen) atoms. The van der Waals surface area contributed by atoms with Crippen LogP contribution in [0.3, 0.4) is 0 Å². The van der Waals surface area contributed by atoms with Gasteiger partial charge in [0.2, 0.25) is 0 Å². The van der Waals surface area contributed by atoms with Crippen molar-refractivity contribution in [2.75, 3.05) is 5.73 Å². The average Bonchev–Trinajstić information content (AvgIpc) is 2.82. The Morgan fingerprint density at radius 1 is 0.514 bits per heavy atom. The normalized spacial score (nSPS) is 10.7. The van der Waals surface area contributed by atoms with Gasteiger partial charge in [0.1, 0.15) is 0 Å². The zero-order chi connectivity index (χ0) is 24.1. The van der Waals surface area contributed by atoms with Gasteiger partial charge in [-0.25, -0.2) is 0 Å². The molecule has 0 atom stereocenters. The van der Waals surface area contributed by atoms with Crippen molar-refractivity contribution in [1.82, 2.24) is 0 Å². The second kappa shape index (κ2) is 13.1. The predicted molar refractivity (Wildman–Crippen MR) is 133 cm³/mol. The molecular weight excluding hydrogens is 502 g/mol. The Labute approximate surface area is 239 Å². The minimum absolute atomic E-state index is 0. The molecule has 0 radical (unpaired) electrons. The summed E-state index contributed by atoms with van der Waals surface area (Å²) in [6.45, 7) is 8.67. The first-order valence-electron chi connectivity index (χ1n) is 11.1. The third-order valence-electron chi connectivity index (χ3n) is 6.28. The second-order valence-corrected chi connectivity index (χ2v) is 9.23. The second-order valence-electron chi connectivity index (χ2n) is 9.23. The molecule has 4 aromatic rings. The first-order chi connectivity index (χ1) is 15.6. The van der Waals surface area contributed by atoms with Crippen LogP contribution in [0.2, 0.25) is 0 Å². The van der Waals surface area contributed by atoms with Crippen LogP contribution in [-0.4, -0.2) is 0 Å². The monoisotopic (exact) mass is 533 g/mol. The number of hydrogen-bond donors (Lipinski definition) is 1. The molecule has 170 valence electrons. The summed E-state index contributed by atoms with van der Waals surface area (Å²) in [5, 5.41) is 23.1. The maximum atomic E-state index is 12.7. The summed E-state index contributed by atoms with van der Waals surface area (Å²) in [4.78, 5) is 0. The van der Waals surface area contributed by atoms with Crippen molar-refractivity contribution < 1.29 is 53.6 Å². The van der Waals surface area contributed by atoms with Crippen molar-refractivity contribution in [3.8, 4) is 11.5 Å². The summed E-state index contributed by atoms with van der Waals surface area (Å²) >= 11 is 0. The number of nitrogen functional groups attached to an aromatic ring is 1. The molecule has 0 saturated carbocycles. The summed E-state index contributed by atoms with van der Waals surface area (Å²) in [7, 11) is 0. The molecule has 0 unspecified atom stereocenters.